The minimum absolute atomic E-state index is 0.551. The molecular formula is C74H46N2O. The number of anilines is 3. The van der Waals surface area contributed by atoms with E-state index in [9.17, 15) is 0 Å². The zero-order chi connectivity index (χ0) is 50.4. The van der Waals surface area contributed by atoms with Gasteiger partial charge in [0.05, 0.1) is 38.6 Å². The van der Waals surface area contributed by atoms with Crippen molar-refractivity contribution in [1.29, 1.82) is 0 Å². The molecule has 3 aliphatic carbocycles. The van der Waals surface area contributed by atoms with Gasteiger partial charge in [0.15, 0.2) is 0 Å². The van der Waals surface area contributed by atoms with Crippen LogP contribution in [0.1, 0.15) is 44.5 Å². The Morgan fingerprint density at radius 3 is 1.42 bits per heavy atom. The fourth-order valence-corrected chi connectivity index (χ4v) is 14.6. The molecule has 3 aliphatic rings. The lowest BCUT2D eigenvalue weighted by atomic mass is 9.67. The number of para-hydroxylation sites is 3. The molecule has 12 aromatic carbocycles. The molecule has 0 N–H and O–H groups in total. The lowest BCUT2D eigenvalue weighted by molar-refractivity contribution is 0.669. The van der Waals surface area contributed by atoms with Crippen LogP contribution in [0.25, 0.3) is 82.8 Å². The van der Waals surface area contributed by atoms with E-state index >= 15 is 0 Å². The molecular weight excluding hydrogens is 933 g/mol. The highest BCUT2D eigenvalue weighted by Gasteiger charge is 2.52. The third-order valence-electron chi connectivity index (χ3n) is 17.5. The highest BCUT2D eigenvalue weighted by Crippen LogP contribution is 2.64. The Bertz CT molecular complexity index is 4660. The average molecular weight is 979 g/mol. The van der Waals surface area contributed by atoms with E-state index in [2.05, 4.69) is 289 Å². The Balaban J connectivity index is 1.06. The van der Waals surface area contributed by atoms with E-state index in [1.54, 1.807) is 0 Å². The van der Waals surface area contributed by atoms with Crippen LogP contribution >= 0.6 is 0 Å². The van der Waals surface area contributed by atoms with Gasteiger partial charge in [-0.25, -0.2) is 0 Å². The second kappa shape index (κ2) is 15.8. The molecule has 0 saturated heterocycles. The molecule has 17 rings (SSSR count). The van der Waals surface area contributed by atoms with Gasteiger partial charge in [0.1, 0.15) is 11.2 Å². The first-order chi connectivity index (χ1) is 38.2. The molecule has 0 atom stereocenters. The van der Waals surface area contributed by atoms with Crippen LogP contribution in [0.4, 0.5) is 17.1 Å². The number of nitrogens with zero attached hydrogens (tertiary/aromatic N) is 2. The third kappa shape index (κ3) is 5.49. The predicted octanol–water partition coefficient (Wildman–Crippen LogP) is 18.9. The molecule has 0 fully saturated rings. The van der Waals surface area contributed by atoms with Crippen LogP contribution in [0, 0.1) is 0 Å². The first-order valence-electron chi connectivity index (χ1n) is 26.7. The molecule has 3 nitrogen and oxygen atoms in total. The number of furan rings is 1. The summed E-state index contributed by atoms with van der Waals surface area (Å²) >= 11 is 0. The topological polar surface area (TPSA) is 21.3 Å². The summed E-state index contributed by atoms with van der Waals surface area (Å²) in [5.41, 5.74) is 24.8. The maximum absolute atomic E-state index is 6.83. The number of rotatable bonds is 6. The van der Waals surface area contributed by atoms with Crippen LogP contribution in [0.3, 0.4) is 0 Å². The smallest absolute Gasteiger partial charge is 0.137 e. The fraction of sp³-hybridized carbons (Fsp3) is 0.0270. The van der Waals surface area contributed by atoms with Gasteiger partial charge >= 0.3 is 0 Å². The second-order valence-electron chi connectivity index (χ2n) is 21.0. The fourth-order valence-electron chi connectivity index (χ4n) is 14.6. The largest absolute Gasteiger partial charge is 0.456 e. The molecule has 0 aliphatic heterocycles. The van der Waals surface area contributed by atoms with Crippen LogP contribution < -0.4 is 4.90 Å². The van der Waals surface area contributed by atoms with E-state index in [1.165, 1.54) is 83.3 Å². The van der Waals surface area contributed by atoms with Gasteiger partial charge in [-0.1, -0.05) is 218 Å². The molecule has 77 heavy (non-hydrogen) atoms. The van der Waals surface area contributed by atoms with E-state index in [-0.39, 0.29) is 0 Å². The molecule has 2 aromatic heterocycles. The maximum Gasteiger partial charge on any atom is 0.137 e. The van der Waals surface area contributed by atoms with Crippen molar-refractivity contribution in [2.75, 3.05) is 4.90 Å². The van der Waals surface area contributed by atoms with Gasteiger partial charge in [0, 0.05) is 27.5 Å². The van der Waals surface area contributed by atoms with Crippen molar-refractivity contribution in [3.63, 3.8) is 0 Å². The van der Waals surface area contributed by atoms with Crippen molar-refractivity contribution in [3.8, 4) is 39.1 Å². The molecule has 0 bridgehead atoms. The van der Waals surface area contributed by atoms with Gasteiger partial charge in [-0.2, -0.15) is 0 Å². The number of fused-ring (bicyclic) bond motifs is 19. The van der Waals surface area contributed by atoms with E-state index < -0.39 is 10.8 Å². The Labute approximate surface area is 445 Å². The van der Waals surface area contributed by atoms with Gasteiger partial charge in [-0.3, -0.25) is 0 Å². The zero-order valence-electron chi connectivity index (χ0n) is 41.9. The van der Waals surface area contributed by atoms with Crippen molar-refractivity contribution in [2.24, 2.45) is 0 Å². The van der Waals surface area contributed by atoms with Gasteiger partial charge in [-0.05, 0) is 139 Å². The molecule has 0 radical (unpaired) electrons. The van der Waals surface area contributed by atoms with Gasteiger partial charge < -0.3 is 13.9 Å². The van der Waals surface area contributed by atoms with Crippen LogP contribution in [0.5, 0.6) is 0 Å². The van der Waals surface area contributed by atoms with Crippen LogP contribution in [-0.2, 0) is 10.8 Å². The Hall–Kier alpha value is -9.96. The van der Waals surface area contributed by atoms with Crippen LogP contribution in [0.2, 0.25) is 0 Å². The highest BCUT2D eigenvalue weighted by molar-refractivity contribution is 6.20. The summed E-state index contributed by atoms with van der Waals surface area (Å²) in [6.45, 7) is 0. The van der Waals surface area contributed by atoms with Crippen molar-refractivity contribution < 1.29 is 4.42 Å². The lowest BCUT2D eigenvalue weighted by Crippen LogP contribution is -2.29. The van der Waals surface area contributed by atoms with E-state index in [0.717, 1.165) is 61.1 Å². The minimum atomic E-state index is -0.698. The summed E-state index contributed by atoms with van der Waals surface area (Å²) in [5, 5.41) is 4.48. The highest BCUT2D eigenvalue weighted by atomic mass is 16.3. The summed E-state index contributed by atoms with van der Waals surface area (Å²) in [7, 11) is 0. The normalized spacial score (nSPS) is 13.9. The molecule has 358 valence electrons. The molecule has 3 heteroatoms. The molecule has 0 amide bonds. The number of benzene rings is 12. The monoisotopic (exact) mass is 978 g/mol. The van der Waals surface area contributed by atoms with Gasteiger partial charge in [-0.15, -0.1) is 0 Å². The van der Waals surface area contributed by atoms with Crippen molar-refractivity contribution in [1.82, 2.24) is 4.57 Å². The molecule has 0 unspecified atom stereocenters. The second-order valence-corrected chi connectivity index (χ2v) is 21.0. The van der Waals surface area contributed by atoms with Gasteiger partial charge in [0.2, 0.25) is 0 Å². The summed E-state index contributed by atoms with van der Waals surface area (Å²) in [6, 6.07) is 104. The summed E-state index contributed by atoms with van der Waals surface area (Å²) in [6.07, 6.45) is 0. The number of aromatic nitrogens is 1. The van der Waals surface area contributed by atoms with Crippen molar-refractivity contribution in [3.05, 3.63) is 324 Å². The molecule has 2 heterocycles. The van der Waals surface area contributed by atoms with Gasteiger partial charge in [0.25, 0.3) is 0 Å². The molecule has 14 aromatic rings. The maximum atomic E-state index is 6.83. The summed E-state index contributed by atoms with van der Waals surface area (Å²) in [5.74, 6) is 0. The standard InChI is InChI=1S/C74H46N2O/c1-3-22-47(23-4-1)73(59-33-14-7-26-51(59)52-27-8-15-34-60(52)73)48-44-67-71(57-31-12-19-38-65(57)75(67)49-24-5-2-6-25-49)68(45-48)76(66-39-21-41-70-72(66)58-32-13-20-40-69(58)77-70)50-42-43-56-55-30-11-18-37-63(55)74(64(56)46-50)61-35-16-9-28-53(61)54-29-10-17-36-62(54)74/h1-46H. The number of hydrogen-bond donors (Lipinski definition) is 0. The first kappa shape index (κ1) is 42.4. The third-order valence-corrected chi connectivity index (χ3v) is 17.5. The number of hydrogen-bond acceptors (Lipinski definition) is 2. The minimum Gasteiger partial charge on any atom is -0.456 e. The summed E-state index contributed by atoms with van der Waals surface area (Å²) < 4.78 is 9.33. The van der Waals surface area contributed by atoms with E-state index in [1.807, 2.05) is 0 Å². The van der Waals surface area contributed by atoms with Crippen molar-refractivity contribution in [2.45, 2.75) is 10.8 Å². The Morgan fingerprint density at radius 1 is 0.299 bits per heavy atom. The molecule has 0 saturated carbocycles. The zero-order valence-corrected chi connectivity index (χ0v) is 41.9. The first-order valence-corrected chi connectivity index (χ1v) is 26.7. The Morgan fingerprint density at radius 2 is 0.792 bits per heavy atom. The van der Waals surface area contributed by atoms with E-state index in [0.29, 0.717) is 0 Å². The summed E-state index contributed by atoms with van der Waals surface area (Å²) in [4.78, 5) is 2.59. The van der Waals surface area contributed by atoms with Crippen LogP contribution in [0.15, 0.2) is 283 Å². The SMILES string of the molecule is c1ccc(-n2c3ccccc3c3c(N(c4ccc5c(c4)C4(c6ccccc6-c6ccccc64)c4ccccc4-5)c4cccc5oc6ccccc6c45)cc(C4(c5ccccc5)c5ccccc5-c5ccccc54)cc32)cc1. The lowest BCUT2D eigenvalue weighted by Gasteiger charge is -2.36. The molecule has 1 spiro atoms. The van der Waals surface area contributed by atoms with Crippen molar-refractivity contribution >= 4 is 60.8 Å². The predicted molar refractivity (Wildman–Crippen MR) is 316 cm³/mol. The van der Waals surface area contributed by atoms with E-state index in [4.69, 9.17) is 4.42 Å². The van der Waals surface area contributed by atoms with Crippen LogP contribution in [-0.4, -0.2) is 4.57 Å². The Kier molecular flexibility index (Phi) is 8.69. The quantitative estimate of drug-likeness (QED) is 0.166. The average Bonchev–Trinajstić information content (AvgIpc) is 4.04.